The van der Waals surface area contributed by atoms with Crippen molar-refractivity contribution in [3.05, 3.63) is 35.1 Å². The Kier molecular flexibility index (Phi) is 3.66. The highest BCUT2D eigenvalue weighted by atomic mass is 35.5. The molecule has 0 aliphatic carbocycles. The second-order valence-electron chi connectivity index (χ2n) is 4.30. The lowest BCUT2D eigenvalue weighted by Gasteiger charge is -2.08. The van der Waals surface area contributed by atoms with Crippen LogP contribution in [0.4, 0.5) is 0 Å². The Labute approximate surface area is 120 Å². The second kappa shape index (κ2) is 5.60. The van der Waals surface area contributed by atoms with E-state index in [2.05, 4.69) is 15.0 Å². The van der Waals surface area contributed by atoms with Crippen molar-refractivity contribution in [3.8, 4) is 17.8 Å². The average molecular weight is 294 g/mol. The van der Waals surface area contributed by atoms with E-state index in [9.17, 15) is 0 Å². The number of ether oxygens (including phenoxy) is 3. The summed E-state index contributed by atoms with van der Waals surface area (Å²) in [7, 11) is 0. The fourth-order valence-corrected chi connectivity index (χ4v) is 1.67. The van der Waals surface area contributed by atoms with Gasteiger partial charge in [0, 0.05) is 0 Å². The number of epoxide rings is 1. The standard InChI is InChI=1S/C13H12ClN3O3/c1-8-4-2-3-5-10(8)20-13-16-11(14)15-12(17-13)19-7-9-6-18-9/h2-5,9H,6-7H2,1H3. The quantitative estimate of drug-likeness (QED) is 0.789. The largest absolute Gasteiger partial charge is 0.460 e. The molecule has 0 saturated carbocycles. The Bertz CT molecular complexity index is 620. The number of aromatic nitrogens is 3. The molecule has 1 aliphatic rings. The molecule has 0 N–H and O–H groups in total. The SMILES string of the molecule is Cc1ccccc1Oc1nc(Cl)nc(OCC2CO2)n1. The van der Waals surface area contributed by atoms with Crippen molar-refractivity contribution in [1.29, 1.82) is 0 Å². The average Bonchev–Trinajstić information content (AvgIpc) is 3.23. The van der Waals surface area contributed by atoms with Crippen LogP contribution in [-0.2, 0) is 4.74 Å². The number of hydrogen-bond donors (Lipinski definition) is 0. The molecule has 1 saturated heterocycles. The highest BCUT2D eigenvalue weighted by Crippen LogP contribution is 2.23. The molecule has 7 heteroatoms. The van der Waals surface area contributed by atoms with E-state index in [1.807, 2.05) is 31.2 Å². The fraction of sp³-hybridized carbons (Fsp3) is 0.308. The van der Waals surface area contributed by atoms with Crippen LogP contribution >= 0.6 is 11.6 Å². The maximum absolute atomic E-state index is 5.83. The van der Waals surface area contributed by atoms with Gasteiger partial charge in [-0.1, -0.05) is 18.2 Å². The first-order valence-electron chi connectivity index (χ1n) is 6.10. The van der Waals surface area contributed by atoms with Gasteiger partial charge < -0.3 is 14.2 Å². The summed E-state index contributed by atoms with van der Waals surface area (Å²) < 4.78 is 16.0. The van der Waals surface area contributed by atoms with E-state index in [0.717, 1.165) is 5.56 Å². The third kappa shape index (κ3) is 3.34. The number of aryl methyl sites for hydroxylation is 1. The lowest BCUT2D eigenvalue weighted by atomic mass is 10.2. The predicted molar refractivity (Wildman–Crippen MR) is 71.3 cm³/mol. The number of hydrogen-bond acceptors (Lipinski definition) is 6. The molecule has 104 valence electrons. The van der Waals surface area contributed by atoms with Crippen LogP contribution in [0.1, 0.15) is 5.56 Å². The smallest absolute Gasteiger partial charge is 0.329 e. The van der Waals surface area contributed by atoms with Gasteiger partial charge in [0.05, 0.1) is 6.61 Å². The van der Waals surface area contributed by atoms with Crippen molar-refractivity contribution in [3.63, 3.8) is 0 Å². The van der Waals surface area contributed by atoms with Gasteiger partial charge in [-0.05, 0) is 30.2 Å². The zero-order valence-electron chi connectivity index (χ0n) is 10.7. The predicted octanol–water partition coefficient (Wildman–Crippen LogP) is 2.40. The van der Waals surface area contributed by atoms with Crippen molar-refractivity contribution in [2.24, 2.45) is 0 Å². The molecule has 1 aromatic heterocycles. The van der Waals surface area contributed by atoms with Crippen LogP contribution in [0.2, 0.25) is 5.28 Å². The van der Waals surface area contributed by atoms with Gasteiger partial charge in [0.2, 0.25) is 5.28 Å². The Balaban J connectivity index is 1.76. The van der Waals surface area contributed by atoms with Crippen molar-refractivity contribution in [2.75, 3.05) is 13.2 Å². The topological polar surface area (TPSA) is 69.7 Å². The van der Waals surface area contributed by atoms with Crippen LogP contribution in [0.25, 0.3) is 0 Å². The molecule has 20 heavy (non-hydrogen) atoms. The summed E-state index contributed by atoms with van der Waals surface area (Å²) in [5.41, 5.74) is 0.970. The summed E-state index contributed by atoms with van der Waals surface area (Å²) in [6, 6.07) is 7.78. The van der Waals surface area contributed by atoms with Gasteiger partial charge in [-0.2, -0.15) is 9.97 Å². The van der Waals surface area contributed by atoms with E-state index >= 15 is 0 Å². The van der Waals surface area contributed by atoms with Gasteiger partial charge in [-0.25, -0.2) is 0 Å². The van der Waals surface area contributed by atoms with Crippen molar-refractivity contribution < 1.29 is 14.2 Å². The molecular weight excluding hydrogens is 282 g/mol. The van der Waals surface area contributed by atoms with Gasteiger partial charge in [0.1, 0.15) is 18.5 Å². The maximum atomic E-state index is 5.83. The number of nitrogens with zero attached hydrogens (tertiary/aromatic N) is 3. The summed E-state index contributed by atoms with van der Waals surface area (Å²) in [6.07, 6.45) is 0.117. The van der Waals surface area contributed by atoms with Crippen LogP contribution in [-0.4, -0.2) is 34.3 Å². The normalized spacial score (nSPS) is 16.8. The molecule has 0 bridgehead atoms. The molecule has 2 heterocycles. The molecule has 1 unspecified atom stereocenters. The molecule has 3 rings (SSSR count). The second-order valence-corrected chi connectivity index (χ2v) is 4.64. The number of para-hydroxylation sites is 1. The minimum atomic E-state index is 0.0234. The van der Waals surface area contributed by atoms with Gasteiger partial charge in [-0.3, -0.25) is 0 Å². The summed E-state index contributed by atoms with van der Waals surface area (Å²) in [5.74, 6) is 0.659. The number of rotatable bonds is 5. The summed E-state index contributed by atoms with van der Waals surface area (Å²) in [5, 5.41) is 0.0234. The van der Waals surface area contributed by atoms with Crippen molar-refractivity contribution in [1.82, 2.24) is 15.0 Å². The van der Waals surface area contributed by atoms with E-state index in [1.165, 1.54) is 0 Å². The van der Waals surface area contributed by atoms with E-state index in [4.69, 9.17) is 25.8 Å². The highest BCUT2D eigenvalue weighted by Gasteiger charge is 2.24. The first kappa shape index (κ1) is 13.1. The van der Waals surface area contributed by atoms with Crippen molar-refractivity contribution in [2.45, 2.75) is 13.0 Å². The monoisotopic (exact) mass is 293 g/mol. The van der Waals surface area contributed by atoms with Crippen molar-refractivity contribution >= 4 is 11.6 Å². The fourth-order valence-electron chi connectivity index (χ4n) is 1.53. The molecular formula is C13H12ClN3O3. The Hall–Kier alpha value is -1.92. The zero-order chi connectivity index (χ0) is 13.9. The van der Waals surface area contributed by atoms with Crippen LogP contribution in [0.5, 0.6) is 17.8 Å². The highest BCUT2D eigenvalue weighted by molar-refractivity contribution is 6.28. The summed E-state index contributed by atoms with van der Waals surface area (Å²) >= 11 is 5.83. The molecule has 1 aliphatic heterocycles. The molecule has 2 aromatic rings. The third-order valence-corrected chi connectivity index (χ3v) is 2.83. The minimum absolute atomic E-state index is 0.0234. The van der Waals surface area contributed by atoms with Crippen LogP contribution in [0.3, 0.4) is 0 Å². The summed E-state index contributed by atoms with van der Waals surface area (Å²) in [6.45, 7) is 3.02. The van der Waals surface area contributed by atoms with E-state index in [1.54, 1.807) is 0 Å². The maximum Gasteiger partial charge on any atom is 0.329 e. The van der Waals surface area contributed by atoms with Gasteiger partial charge >= 0.3 is 12.0 Å². The Morgan fingerprint density at radius 1 is 1.25 bits per heavy atom. The minimum Gasteiger partial charge on any atom is -0.460 e. The van der Waals surface area contributed by atoms with Gasteiger partial charge in [0.15, 0.2) is 0 Å². The van der Waals surface area contributed by atoms with E-state index in [0.29, 0.717) is 19.0 Å². The van der Waals surface area contributed by atoms with E-state index in [-0.39, 0.29) is 23.4 Å². The van der Waals surface area contributed by atoms with E-state index < -0.39 is 0 Å². The van der Waals surface area contributed by atoms with Crippen LogP contribution in [0, 0.1) is 6.92 Å². The number of halogens is 1. The molecule has 0 amide bonds. The zero-order valence-corrected chi connectivity index (χ0v) is 11.5. The molecule has 6 nitrogen and oxygen atoms in total. The van der Waals surface area contributed by atoms with Crippen LogP contribution in [0.15, 0.2) is 24.3 Å². The molecule has 1 fully saturated rings. The Morgan fingerprint density at radius 3 is 2.75 bits per heavy atom. The number of benzene rings is 1. The first-order valence-corrected chi connectivity index (χ1v) is 6.48. The molecule has 0 spiro atoms. The summed E-state index contributed by atoms with van der Waals surface area (Å²) in [4.78, 5) is 11.9. The first-order chi connectivity index (χ1) is 9.70. The lowest BCUT2D eigenvalue weighted by molar-refractivity contribution is 0.242. The molecule has 1 aromatic carbocycles. The lowest BCUT2D eigenvalue weighted by Crippen LogP contribution is -2.08. The molecule has 0 radical (unpaired) electrons. The molecule has 1 atom stereocenters. The van der Waals surface area contributed by atoms with Crippen LogP contribution < -0.4 is 9.47 Å². The van der Waals surface area contributed by atoms with Gasteiger partial charge in [-0.15, -0.1) is 4.98 Å². The Morgan fingerprint density at radius 2 is 2.00 bits per heavy atom. The van der Waals surface area contributed by atoms with Gasteiger partial charge in [0.25, 0.3) is 0 Å². The third-order valence-electron chi connectivity index (χ3n) is 2.66.